The van der Waals surface area contributed by atoms with Crippen molar-refractivity contribution in [3.05, 3.63) is 18.2 Å². The molecule has 0 aliphatic carbocycles. The normalized spacial score (nSPS) is 11.8. The molecule has 3 N–H and O–H groups in total. The van der Waals surface area contributed by atoms with Crippen molar-refractivity contribution in [2.24, 2.45) is 5.73 Å². The Morgan fingerprint density at radius 3 is 2.28 bits per heavy atom. The van der Waals surface area contributed by atoms with Crippen molar-refractivity contribution in [3.8, 4) is 11.5 Å². The summed E-state index contributed by atoms with van der Waals surface area (Å²) in [6.07, 6.45) is 1.53. The lowest BCUT2D eigenvalue weighted by atomic mass is 10.1. The minimum absolute atomic E-state index is 0.202. The van der Waals surface area contributed by atoms with E-state index in [4.69, 9.17) is 15.2 Å². The third-order valence-electron chi connectivity index (χ3n) is 2.56. The third kappa shape index (κ3) is 3.92. The molecular formula is C13H20N2O3. The van der Waals surface area contributed by atoms with Crippen molar-refractivity contribution in [2.75, 3.05) is 19.5 Å². The first-order chi connectivity index (χ1) is 8.60. The molecule has 1 aromatic rings. The molecule has 0 fully saturated rings. The van der Waals surface area contributed by atoms with E-state index in [0.29, 0.717) is 23.6 Å². The molecule has 0 unspecified atom stereocenters. The number of ether oxygens (including phenoxy) is 2. The lowest BCUT2D eigenvalue weighted by Gasteiger charge is -2.13. The van der Waals surface area contributed by atoms with E-state index in [1.807, 2.05) is 6.92 Å². The highest BCUT2D eigenvalue weighted by Gasteiger charge is 2.13. The van der Waals surface area contributed by atoms with Gasteiger partial charge in [0.2, 0.25) is 5.91 Å². The molecule has 100 valence electrons. The van der Waals surface area contributed by atoms with Gasteiger partial charge in [0.05, 0.1) is 20.3 Å². The van der Waals surface area contributed by atoms with Crippen molar-refractivity contribution in [2.45, 2.75) is 25.8 Å². The quantitative estimate of drug-likeness (QED) is 0.809. The molecule has 0 bridgehead atoms. The van der Waals surface area contributed by atoms with Crippen LogP contribution in [0.3, 0.4) is 0 Å². The van der Waals surface area contributed by atoms with Gasteiger partial charge in [-0.25, -0.2) is 0 Å². The summed E-state index contributed by atoms with van der Waals surface area (Å²) < 4.78 is 10.2. The third-order valence-corrected chi connectivity index (χ3v) is 2.56. The topological polar surface area (TPSA) is 73.6 Å². The molecule has 0 heterocycles. The molecule has 0 aromatic heterocycles. The number of anilines is 1. The fraction of sp³-hybridized carbons (Fsp3) is 0.462. The van der Waals surface area contributed by atoms with Crippen molar-refractivity contribution < 1.29 is 14.3 Å². The van der Waals surface area contributed by atoms with Crippen LogP contribution in [0.5, 0.6) is 11.5 Å². The molecule has 0 saturated heterocycles. The van der Waals surface area contributed by atoms with Gasteiger partial charge >= 0.3 is 0 Å². The number of methoxy groups -OCH3 is 2. The van der Waals surface area contributed by atoms with Gasteiger partial charge in [0, 0.05) is 23.9 Å². The van der Waals surface area contributed by atoms with E-state index in [-0.39, 0.29) is 5.91 Å². The summed E-state index contributed by atoms with van der Waals surface area (Å²) in [5, 5.41) is 2.75. The van der Waals surface area contributed by atoms with Gasteiger partial charge in [0.25, 0.3) is 0 Å². The SMILES string of the molecule is CCC[C@H](N)C(=O)Nc1cc(OC)cc(OC)c1. The summed E-state index contributed by atoms with van der Waals surface area (Å²) in [5.74, 6) is 1.04. The number of carbonyl (C=O) groups is 1. The van der Waals surface area contributed by atoms with E-state index in [0.717, 1.165) is 6.42 Å². The summed E-state index contributed by atoms with van der Waals surface area (Å²) in [5.41, 5.74) is 6.36. The maximum Gasteiger partial charge on any atom is 0.241 e. The first-order valence-electron chi connectivity index (χ1n) is 5.90. The molecule has 5 nitrogen and oxygen atoms in total. The highest BCUT2D eigenvalue weighted by atomic mass is 16.5. The Morgan fingerprint density at radius 2 is 1.83 bits per heavy atom. The zero-order chi connectivity index (χ0) is 13.5. The zero-order valence-corrected chi connectivity index (χ0v) is 11.0. The van der Waals surface area contributed by atoms with Crippen molar-refractivity contribution in [1.82, 2.24) is 0 Å². The second kappa shape index (κ2) is 6.86. The fourth-order valence-electron chi connectivity index (χ4n) is 1.56. The smallest absolute Gasteiger partial charge is 0.241 e. The van der Waals surface area contributed by atoms with Crippen LogP contribution in [0.4, 0.5) is 5.69 Å². The Kier molecular flexibility index (Phi) is 5.45. The van der Waals surface area contributed by atoms with Crippen molar-refractivity contribution in [1.29, 1.82) is 0 Å². The number of hydrogen-bond acceptors (Lipinski definition) is 4. The van der Waals surface area contributed by atoms with Gasteiger partial charge in [-0.05, 0) is 6.42 Å². The molecular weight excluding hydrogens is 232 g/mol. The van der Waals surface area contributed by atoms with Gasteiger partial charge in [-0.1, -0.05) is 13.3 Å². The highest BCUT2D eigenvalue weighted by Crippen LogP contribution is 2.25. The molecule has 0 spiro atoms. The van der Waals surface area contributed by atoms with Crippen LogP contribution in [0.2, 0.25) is 0 Å². The van der Waals surface area contributed by atoms with Gasteiger partial charge in [0.15, 0.2) is 0 Å². The minimum Gasteiger partial charge on any atom is -0.497 e. The number of hydrogen-bond donors (Lipinski definition) is 2. The second-order valence-corrected chi connectivity index (χ2v) is 3.99. The first-order valence-corrected chi connectivity index (χ1v) is 5.90. The van der Waals surface area contributed by atoms with E-state index in [1.54, 1.807) is 32.4 Å². The molecule has 0 aliphatic heterocycles. The summed E-state index contributed by atoms with van der Waals surface area (Å²) in [6, 6.07) is 4.69. The molecule has 1 atom stereocenters. The molecule has 5 heteroatoms. The van der Waals surface area contributed by atoms with E-state index in [1.165, 1.54) is 0 Å². The maximum absolute atomic E-state index is 11.8. The van der Waals surface area contributed by atoms with Crippen LogP contribution in [0.15, 0.2) is 18.2 Å². The molecule has 1 aromatic carbocycles. The summed E-state index contributed by atoms with van der Waals surface area (Å²) >= 11 is 0. The van der Waals surface area contributed by atoms with Crippen LogP contribution in [0.1, 0.15) is 19.8 Å². The van der Waals surface area contributed by atoms with Crippen LogP contribution >= 0.6 is 0 Å². The molecule has 1 amide bonds. The Balaban J connectivity index is 2.80. The number of nitrogens with one attached hydrogen (secondary N) is 1. The Bertz CT molecular complexity index is 385. The van der Waals surface area contributed by atoms with Crippen LogP contribution in [0.25, 0.3) is 0 Å². The Labute approximate surface area is 107 Å². The number of amides is 1. The van der Waals surface area contributed by atoms with Gasteiger partial charge in [-0.2, -0.15) is 0 Å². The predicted octanol–water partition coefficient (Wildman–Crippen LogP) is 1.77. The summed E-state index contributed by atoms with van der Waals surface area (Å²) in [6.45, 7) is 1.99. The zero-order valence-electron chi connectivity index (χ0n) is 11.0. The van der Waals surface area contributed by atoms with Gasteiger partial charge in [-0.15, -0.1) is 0 Å². The number of nitrogens with two attached hydrogens (primary N) is 1. The molecule has 0 saturated carbocycles. The second-order valence-electron chi connectivity index (χ2n) is 3.99. The minimum atomic E-state index is -0.493. The van der Waals surface area contributed by atoms with E-state index >= 15 is 0 Å². The van der Waals surface area contributed by atoms with E-state index in [2.05, 4.69) is 5.32 Å². The highest BCUT2D eigenvalue weighted by molar-refractivity contribution is 5.95. The summed E-state index contributed by atoms with van der Waals surface area (Å²) in [7, 11) is 3.12. The van der Waals surface area contributed by atoms with Gasteiger partial charge in [-0.3, -0.25) is 4.79 Å². The van der Waals surface area contributed by atoms with Crippen LogP contribution in [-0.2, 0) is 4.79 Å². The van der Waals surface area contributed by atoms with E-state index in [9.17, 15) is 4.79 Å². The molecule has 18 heavy (non-hydrogen) atoms. The van der Waals surface area contributed by atoms with Crippen LogP contribution in [0, 0.1) is 0 Å². The maximum atomic E-state index is 11.8. The number of rotatable bonds is 6. The number of benzene rings is 1. The fourth-order valence-corrected chi connectivity index (χ4v) is 1.56. The van der Waals surface area contributed by atoms with Crippen LogP contribution < -0.4 is 20.5 Å². The first kappa shape index (κ1) is 14.3. The van der Waals surface area contributed by atoms with E-state index < -0.39 is 6.04 Å². The Hall–Kier alpha value is -1.75. The average Bonchev–Trinajstić information content (AvgIpc) is 2.38. The largest absolute Gasteiger partial charge is 0.497 e. The summed E-state index contributed by atoms with van der Waals surface area (Å²) in [4.78, 5) is 11.8. The van der Waals surface area contributed by atoms with Gasteiger partial charge in [0.1, 0.15) is 11.5 Å². The Morgan fingerprint density at radius 1 is 1.28 bits per heavy atom. The van der Waals surface area contributed by atoms with Crippen LogP contribution in [-0.4, -0.2) is 26.2 Å². The molecule has 0 aliphatic rings. The standard InChI is InChI=1S/C13H20N2O3/c1-4-5-12(14)13(16)15-9-6-10(17-2)8-11(7-9)18-3/h6-8,12H,4-5,14H2,1-3H3,(H,15,16)/t12-/m0/s1. The molecule has 1 rings (SSSR count). The average molecular weight is 252 g/mol. The van der Waals surface area contributed by atoms with Crippen molar-refractivity contribution >= 4 is 11.6 Å². The van der Waals surface area contributed by atoms with Crippen molar-refractivity contribution in [3.63, 3.8) is 0 Å². The lowest BCUT2D eigenvalue weighted by Crippen LogP contribution is -2.35. The molecule has 0 radical (unpaired) electrons. The predicted molar refractivity (Wildman–Crippen MR) is 71.1 cm³/mol. The lowest BCUT2D eigenvalue weighted by molar-refractivity contribution is -0.117. The van der Waals surface area contributed by atoms with Gasteiger partial charge < -0.3 is 20.5 Å². The number of carbonyl (C=O) groups excluding carboxylic acids is 1. The monoisotopic (exact) mass is 252 g/mol.